The number of halogens is 3. The van der Waals surface area contributed by atoms with Crippen LogP contribution in [0.3, 0.4) is 0 Å². The maximum absolute atomic E-state index is 13.6. The molecule has 0 saturated carbocycles. The molecule has 0 radical (unpaired) electrons. The number of benzene rings is 1. The van der Waals surface area contributed by atoms with Gasteiger partial charge in [-0.25, -0.2) is 9.82 Å². The van der Waals surface area contributed by atoms with Crippen molar-refractivity contribution < 1.29 is 4.39 Å². The van der Waals surface area contributed by atoms with Gasteiger partial charge in [-0.1, -0.05) is 35.3 Å². The highest BCUT2D eigenvalue weighted by Crippen LogP contribution is 2.34. The van der Waals surface area contributed by atoms with Crippen LogP contribution in [-0.2, 0) is 0 Å². The summed E-state index contributed by atoms with van der Waals surface area (Å²) in [6, 6.07) is 4.10. The van der Waals surface area contributed by atoms with Crippen LogP contribution in [0.25, 0.3) is 0 Å². The highest BCUT2D eigenvalue weighted by Gasteiger charge is 2.25. The second kappa shape index (κ2) is 6.10. The Morgan fingerprint density at radius 3 is 2.65 bits per heavy atom. The van der Waals surface area contributed by atoms with Gasteiger partial charge in [-0.3, -0.25) is 10.5 Å². The van der Waals surface area contributed by atoms with E-state index in [0.29, 0.717) is 16.3 Å². The third kappa shape index (κ3) is 2.67. The van der Waals surface area contributed by atoms with Gasteiger partial charge in [0.2, 0.25) is 0 Å². The van der Waals surface area contributed by atoms with Crippen LogP contribution in [0.15, 0.2) is 24.4 Å². The van der Waals surface area contributed by atoms with Gasteiger partial charge in [-0.15, -0.1) is 0 Å². The van der Waals surface area contributed by atoms with Crippen molar-refractivity contribution in [1.82, 2.24) is 15.2 Å². The summed E-state index contributed by atoms with van der Waals surface area (Å²) in [6.07, 6.45) is 1.54. The molecule has 1 atom stereocenters. The lowest BCUT2D eigenvalue weighted by molar-refractivity contribution is 0.475. The molecule has 1 heterocycles. The summed E-state index contributed by atoms with van der Waals surface area (Å²) in [7, 11) is 0. The summed E-state index contributed by atoms with van der Waals surface area (Å²) in [5.41, 5.74) is 3.79. The smallest absolute Gasteiger partial charge is 0.142 e. The fourth-order valence-electron chi connectivity index (χ4n) is 2.09. The highest BCUT2D eigenvalue weighted by atomic mass is 35.5. The Kier molecular flexibility index (Phi) is 4.65. The quantitative estimate of drug-likeness (QED) is 0.671. The monoisotopic (exact) mass is 316 g/mol. The highest BCUT2D eigenvalue weighted by molar-refractivity contribution is 6.32. The zero-order valence-corrected chi connectivity index (χ0v) is 12.6. The van der Waals surface area contributed by atoms with Gasteiger partial charge in [-0.05, 0) is 25.5 Å². The number of hydrogen-bond acceptors (Lipinski definition) is 3. The van der Waals surface area contributed by atoms with E-state index in [9.17, 15) is 4.39 Å². The van der Waals surface area contributed by atoms with Crippen molar-refractivity contribution in [3.63, 3.8) is 0 Å². The SMILES string of the molecule is CC(C)n1ncc(Cl)c1C(NN)c1cccc(F)c1Cl. The number of aromatic nitrogens is 2. The number of nitrogens with zero attached hydrogens (tertiary/aromatic N) is 2. The minimum absolute atomic E-state index is 0.0167. The average molecular weight is 317 g/mol. The molecule has 3 N–H and O–H groups in total. The minimum atomic E-state index is -0.546. The normalized spacial score (nSPS) is 12.9. The van der Waals surface area contributed by atoms with E-state index in [4.69, 9.17) is 29.0 Å². The first-order valence-electron chi connectivity index (χ1n) is 6.10. The van der Waals surface area contributed by atoms with Crippen molar-refractivity contribution in [3.8, 4) is 0 Å². The molecule has 2 aromatic rings. The lowest BCUT2D eigenvalue weighted by atomic mass is 10.0. The van der Waals surface area contributed by atoms with Gasteiger partial charge in [0.1, 0.15) is 5.82 Å². The molecule has 7 heteroatoms. The standard InChI is InChI=1S/C13H15Cl2FN4/c1-7(2)20-13(9(14)6-18-20)12(19-17)8-4-3-5-10(16)11(8)15/h3-7,12,19H,17H2,1-2H3. The molecule has 0 saturated heterocycles. The van der Waals surface area contributed by atoms with Crippen LogP contribution >= 0.6 is 23.2 Å². The second-order valence-corrected chi connectivity index (χ2v) is 5.44. The Labute approximate surface area is 126 Å². The first-order valence-corrected chi connectivity index (χ1v) is 6.85. The van der Waals surface area contributed by atoms with Gasteiger partial charge in [0.25, 0.3) is 0 Å². The van der Waals surface area contributed by atoms with Crippen LogP contribution in [0.5, 0.6) is 0 Å². The van der Waals surface area contributed by atoms with Crippen molar-refractivity contribution in [2.24, 2.45) is 5.84 Å². The van der Waals surface area contributed by atoms with Gasteiger partial charge in [0, 0.05) is 6.04 Å². The maximum Gasteiger partial charge on any atom is 0.142 e. The second-order valence-electron chi connectivity index (χ2n) is 4.66. The first kappa shape index (κ1) is 15.3. The van der Waals surface area contributed by atoms with Gasteiger partial charge in [-0.2, -0.15) is 5.10 Å². The van der Waals surface area contributed by atoms with Crippen LogP contribution in [0.4, 0.5) is 4.39 Å². The largest absolute Gasteiger partial charge is 0.271 e. The van der Waals surface area contributed by atoms with E-state index >= 15 is 0 Å². The molecule has 20 heavy (non-hydrogen) atoms. The summed E-state index contributed by atoms with van der Waals surface area (Å²) < 4.78 is 15.4. The van der Waals surface area contributed by atoms with E-state index in [0.717, 1.165) is 0 Å². The van der Waals surface area contributed by atoms with Crippen LogP contribution in [-0.4, -0.2) is 9.78 Å². The molecule has 0 aliphatic rings. The number of hydrogen-bond donors (Lipinski definition) is 2. The summed E-state index contributed by atoms with van der Waals surface area (Å²) in [5.74, 6) is 5.12. The maximum atomic E-state index is 13.6. The third-order valence-corrected chi connectivity index (χ3v) is 3.70. The van der Waals surface area contributed by atoms with Crippen molar-refractivity contribution in [2.75, 3.05) is 0 Å². The van der Waals surface area contributed by atoms with Gasteiger partial charge < -0.3 is 0 Å². The number of hydrazine groups is 1. The summed E-state index contributed by atoms with van der Waals surface area (Å²) in [6.45, 7) is 3.93. The molecule has 1 aromatic carbocycles. The van der Waals surface area contributed by atoms with Crippen molar-refractivity contribution in [1.29, 1.82) is 0 Å². The van der Waals surface area contributed by atoms with Crippen LogP contribution in [0, 0.1) is 5.82 Å². The predicted molar refractivity (Wildman–Crippen MR) is 78.2 cm³/mol. The zero-order chi connectivity index (χ0) is 14.9. The Bertz CT molecular complexity index is 612. The molecule has 108 valence electrons. The minimum Gasteiger partial charge on any atom is -0.271 e. The molecule has 0 bridgehead atoms. The number of nitrogens with one attached hydrogen (secondary N) is 1. The lowest BCUT2D eigenvalue weighted by Gasteiger charge is -2.21. The molecule has 0 aliphatic heterocycles. The number of rotatable bonds is 4. The summed E-state index contributed by atoms with van der Waals surface area (Å²) >= 11 is 12.2. The van der Waals surface area contributed by atoms with E-state index in [1.54, 1.807) is 16.8 Å². The van der Waals surface area contributed by atoms with Gasteiger partial charge >= 0.3 is 0 Å². The van der Waals surface area contributed by atoms with E-state index < -0.39 is 11.9 Å². The van der Waals surface area contributed by atoms with E-state index in [2.05, 4.69) is 10.5 Å². The molecule has 0 amide bonds. The predicted octanol–water partition coefficient (Wildman–Crippen LogP) is 3.46. The van der Waals surface area contributed by atoms with E-state index in [-0.39, 0.29) is 11.1 Å². The first-order chi connectivity index (χ1) is 9.47. The van der Waals surface area contributed by atoms with Crippen molar-refractivity contribution >= 4 is 23.2 Å². The molecular weight excluding hydrogens is 302 g/mol. The molecule has 1 aromatic heterocycles. The van der Waals surface area contributed by atoms with E-state index in [1.165, 1.54) is 12.3 Å². The topological polar surface area (TPSA) is 55.9 Å². The molecule has 1 unspecified atom stereocenters. The molecule has 0 aliphatic carbocycles. The summed E-state index contributed by atoms with van der Waals surface area (Å²) in [4.78, 5) is 0. The van der Waals surface area contributed by atoms with Crippen LogP contribution < -0.4 is 11.3 Å². The van der Waals surface area contributed by atoms with E-state index in [1.807, 2.05) is 13.8 Å². The van der Waals surface area contributed by atoms with Crippen LogP contribution in [0.1, 0.15) is 37.2 Å². The Balaban J connectivity index is 2.58. The fraction of sp³-hybridized carbons (Fsp3) is 0.308. The Morgan fingerprint density at radius 2 is 2.05 bits per heavy atom. The van der Waals surface area contributed by atoms with Gasteiger partial charge in [0.05, 0.1) is 28.0 Å². The zero-order valence-electron chi connectivity index (χ0n) is 11.1. The van der Waals surface area contributed by atoms with Crippen LogP contribution in [0.2, 0.25) is 10.0 Å². The van der Waals surface area contributed by atoms with Crippen molar-refractivity contribution in [3.05, 3.63) is 51.5 Å². The lowest BCUT2D eigenvalue weighted by Crippen LogP contribution is -2.31. The molecule has 4 nitrogen and oxygen atoms in total. The van der Waals surface area contributed by atoms with Crippen molar-refractivity contribution in [2.45, 2.75) is 25.9 Å². The molecule has 0 spiro atoms. The molecule has 0 fully saturated rings. The fourth-order valence-corrected chi connectivity index (χ4v) is 2.57. The molecule has 2 rings (SSSR count). The Morgan fingerprint density at radius 1 is 1.35 bits per heavy atom. The summed E-state index contributed by atoms with van der Waals surface area (Å²) in [5, 5.41) is 4.68. The molecular formula is C13H15Cl2FN4. The van der Waals surface area contributed by atoms with Gasteiger partial charge in [0.15, 0.2) is 0 Å². The Hall–Kier alpha value is -1.14. The third-order valence-electron chi connectivity index (χ3n) is 3.01. The average Bonchev–Trinajstić information content (AvgIpc) is 2.78. The number of nitrogens with two attached hydrogens (primary N) is 1.